The number of carbonyl (C=O) groups excluding carboxylic acids is 2. The van der Waals surface area contributed by atoms with Gasteiger partial charge in [-0.2, -0.15) is 0 Å². The molecule has 1 rings (SSSR count). The Balaban J connectivity index is 2.63. The summed E-state index contributed by atoms with van der Waals surface area (Å²) in [4.78, 5) is 27.0. The number of nitrogens with zero attached hydrogens (tertiary/aromatic N) is 2. The molecule has 0 aromatic rings. The number of amides is 2. The molecule has 1 aliphatic rings. The van der Waals surface area contributed by atoms with Gasteiger partial charge in [-0.1, -0.05) is 0 Å². The summed E-state index contributed by atoms with van der Waals surface area (Å²) in [5.74, 6) is -0.160. The normalized spacial score (nSPS) is 21.4. The van der Waals surface area contributed by atoms with E-state index in [9.17, 15) is 9.59 Å². The third-order valence-electron chi connectivity index (χ3n) is 3.03. The lowest BCUT2D eigenvalue weighted by atomic mass is 10.1. The van der Waals surface area contributed by atoms with Crippen LogP contribution in [0.15, 0.2) is 0 Å². The number of piperazine rings is 1. The molecule has 0 aromatic carbocycles. The van der Waals surface area contributed by atoms with Crippen LogP contribution in [-0.4, -0.2) is 74.6 Å². The quantitative estimate of drug-likeness (QED) is 0.681. The van der Waals surface area contributed by atoms with Crippen LogP contribution in [0.1, 0.15) is 6.92 Å². The molecule has 1 N–H and O–H groups in total. The number of rotatable bonds is 4. The molecule has 0 radical (unpaired) electrons. The van der Waals surface area contributed by atoms with Gasteiger partial charge in [-0.15, -0.1) is 0 Å². The molecule has 2 amide bonds. The van der Waals surface area contributed by atoms with Gasteiger partial charge in [0, 0.05) is 47.3 Å². The number of nitrogens with one attached hydrogen (secondary N) is 1. The SMILES string of the molecule is CNC(=O)C1CN(CCOC)CCN1C(C)=O. The van der Waals surface area contributed by atoms with Gasteiger partial charge in [0.25, 0.3) is 0 Å². The molecule has 6 nitrogen and oxygen atoms in total. The fraction of sp³-hybridized carbons (Fsp3) is 0.818. The van der Waals surface area contributed by atoms with E-state index in [4.69, 9.17) is 4.74 Å². The van der Waals surface area contributed by atoms with Crippen molar-refractivity contribution in [3.05, 3.63) is 0 Å². The molecular weight excluding hydrogens is 222 g/mol. The van der Waals surface area contributed by atoms with Gasteiger partial charge < -0.3 is 15.0 Å². The predicted octanol–water partition coefficient (Wildman–Crippen LogP) is -1.09. The molecule has 1 aliphatic heterocycles. The standard InChI is InChI=1S/C11H21N3O3/c1-9(15)14-5-4-13(6-7-17-3)8-10(14)11(16)12-2/h10H,4-8H2,1-3H3,(H,12,16). The fourth-order valence-corrected chi connectivity index (χ4v) is 2.03. The molecule has 1 fully saturated rings. The summed E-state index contributed by atoms with van der Waals surface area (Å²) in [5, 5.41) is 2.61. The lowest BCUT2D eigenvalue weighted by Crippen LogP contribution is -2.60. The average molecular weight is 243 g/mol. The van der Waals surface area contributed by atoms with Gasteiger partial charge in [-0.3, -0.25) is 14.5 Å². The first-order chi connectivity index (χ1) is 8.10. The molecule has 1 unspecified atom stereocenters. The number of likely N-dealkylation sites (N-methyl/N-ethyl adjacent to an activating group) is 1. The summed E-state index contributed by atoms with van der Waals surface area (Å²) in [6, 6.07) is -0.386. The maximum Gasteiger partial charge on any atom is 0.243 e. The van der Waals surface area contributed by atoms with Crippen molar-refractivity contribution < 1.29 is 14.3 Å². The third kappa shape index (κ3) is 3.67. The van der Waals surface area contributed by atoms with Gasteiger partial charge in [0.1, 0.15) is 6.04 Å². The van der Waals surface area contributed by atoms with Gasteiger partial charge in [0.15, 0.2) is 0 Å². The lowest BCUT2D eigenvalue weighted by Gasteiger charge is -2.39. The van der Waals surface area contributed by atoms with Gasteiger partial charge in [-0.25, -0.2) is 0 Å². The van der Waals surface area contributed by atoms with Gasteiger partial charge in [-0.05, 0) is 0 Å². The molecule has 98 valence electrons. The Kier molecular flexibility index (Phi) is 5.37. The Labute approximate surface area is 102 Å². The van der Waals surface area contributed by atoms with Crippen molar-refractivity contribution in [2.75, 3.05) is 46.9 Å². The van der Waals surface area contributed by atoms with Crippen LogP contribution >= 0.6 is 0 Å². The van der Waals surface area contributed by atoms with Gasteiger partial charge in [0.05, 0.1) is 6.61 Å². The van der Waals surface area contributed by atoms with Crippen molar-refractivity contribution >= 4 is 11.8 Å². The highest BCUT2D eigenvalue weighted by Crippen LogP contribution is 2.10. The molecule has 0 aliphatic carbocycles. The maximum absolute atomic E-state index is 11.7. The summed E-state index contributed by atoms with van der Waals surface area (Å²) in [6.07, 6.45) is 0. The van der Waals surface area contributed by atoms with E-state index in [2.05, 4.69) is 10.2 Å². The molecule has 0 spiro atoms. The summed E-state index contributed by atoms with van der Waals surface area (Å²) in [6.45, 7) is 4.88. The van der Waals surface area contributed by atoms with Crippen LogP contribution in [0.2, 0.25) is 0 Å². The van der Waals surface area contributed by atoms with Gasteiger partial charge in [0.2, 0.25) is 11.8 Å². The second kappa shape index (κ2) is 6.56. The minimum Gasteiger partial charge on any atom is -0.383 e. The average Bonchev–Trinajstić information content (AvgIpc) is 2.34. The van der Waals surface area contributed by atoms with Crippen molar-refractivity contribution in [3.8, 4) is 0 Å². The van der Waals surface area contributed by atoms with Crippen molar-refractivity contribution in [1.82, 2.24) is 15.1 Å². The van der Waals surface area contributed by atoms with Crippen LogP contribution in [0.3, 0.4) is 0 Å². The second-order valence-electron chi connectivity index (χ2n) is 4.14. The molecule has 6 heteroatoms. The second-order valence-corrected chi connectivity index (χ2v) is 4.14. The Morgan fingerprint density at radius 3 is 2.65 bits per heavy atom. The lowest BCUT2D eigenvalue weighted by molar-refractivity contribution is -0.142. The Morgan fingerprint density at radius 2 is 2.12 bits per heavy atom. The summed E-state index contributed by atoms with van der Waals surface area (Å²) < 4.78 is 5.02. The molecule has 0 bridgehead atoms. The van der Waals surface area contributed by atoms with E-state index in [0.717, 1.165) is 13.1 Å². The maximum atomic E-state index is 11.7. The minimum absolute atomic E-state index is 0.0509. The van der Waals surface area contributed by atoms with E-state index < -0.39 is 0 Å². The first-order valence-corrected chi connectivity index (χ1v) is 5.80. The summed E-state index contributed by atoms with van der Waals surface area (Å²) in [7, 11) is 3.25. The molecule has 1 saturated heterocycles. The number of hydrogen-bond donors (Lipinski definition) is 1. The van der Waals surface area contributed by atoms with Crippen LogP contribution in [0.4, 0.5) is 0 Å². The largest absolute Gasteiger partial charge is 0.383 e. The monoisotopic (exact) mass is 243 g/mol. The molecule has 17 heavy (non-hydrogen) atoms. The first kappa shape index (κ1) is 13.9. The van der Waals surface area contributed by atoms with E-state index in [1.54, 1.807) is 19.1 Å². The fourth-order valence-electron chi connectivity index (χ4n) is 2.03. The number of carbonyl (C=O) groups is 2. The topological polar surface area (TPSA) is 61.9 Å². The third-order valence-corrected chi connectivity index (χ3v) is 3.03. The number of ether oxygens (including phenoxy) is 1. The van der Waals surface area contributed by atoms with E-state index >= 15 is 0 Å². The summed E-state index contributed by atoms with van der Waals surface area (Å²) >= 11 is 0. The zero-order chi connectivity index (χ0) is 12.8. The Hall–Kier alpha value is -1.14. The van der Waals surface area contributed by atoms with E-state index in [1.807, 2.05) is 0 Å². The molecule has 0 saturated carbocycles. The molecule has 1 heterocycles. The number of methoxy groups -OCH3 is 1. The van der Waals surface area contributed by atoms with E-state index in [0.29, 0.717) is 19.7 Å². The number of hydrogen-bond acceptors (Lipinski definition) is 4. The molecular formula is C11H21N3O3. The Morgan fingerprint density at radius 1 is 1.41 bits per heavy atom. The molecule has 1 atom stereocenters. The highest BCUT2D eigenvalue weighted by atomic mass is 16.5. The van der Waals surface area contributed by atoms with Crippen LogP contribution in [0.25, 0.3) is 0 Å². The minimum atomic E-state index is -0.386. The predicted molar refractivity (Wildman–Crippen MR) is 63.6 cm³/mol. The van der Waals surface area contributed by atoms with Crippen molar-refractivity contribution in [3.63, 3.8) is 0 Å². The van der Waals surface area contributed by atoms with Crippen LogP contribution in [0.5, 0.6) is 0 Å². The van der Waals surface area contributed by atoms with Crippen LogP contribution in [-0.2, 0) is 14.3 Å². The van der Waals surface area contributed by atoms with Crippen LogP contribution < -0.4 is 5.32 Å². The van der Waals surface area contributed by atoms with E-state index in [-0.39, 0.29) is 17.9 Å². The van der Waals surface area contributed by atoms with Crippen molar-refractivity contribution in [2.45, 2.75) is 13.0 Å². The Bertz CT molecular complexity index is 283. The highest BCUT2D eigenvalue weighted by Gasteiger charge is 2.32. The molecule has 0 aromatic heterocycles. The van der Waals surface area contributed by atoms with Crippen molar-refractivity contribution in [1.29, 1.82) is 0 Å². The highest BCUT2D eigenvalue weighted by molar-refractivity contribution is 5.87. The zero-order valence-corrected chi connectivity index (χ0v) is 10.7. The van der Waals surface area contributed by atoms with E-state index in [1.165, 1.54) is 6.92 Å². The van der Waals surface area contributed by atoms with Crippen LogP contribution in [0, 0.1) is 0 Å². The smallest absolute Gasteiger partial charge is 0.243 e. The van der Waals surface area contributed by atoms with Gasteiger partial charge >= 0.3 is 0 Å². The van der Waals surface area contributed by atoms with Crippen molar-refractivity contribution in [2.24, 2.45) is 0 Å². The summed E-state index contributed by atoms with van der Waals surface area (Å²) in [5.41, 5.74) is 0. The first-order valence-electron chi connectivity index (χ1n) is 5.80. The zero-order valence-electron chi connectivity index (χ0n) is 10.7.